The number of benzene rings is 1. The highest BCUT2D eigenvalue weighted by Gasteiger charge is 2.16. The minimum absolute atomic E-state index is 0.151. The molecule has 0 saturated carbocycles. The van der Waals surface area contributed by atoms with Gasteiger partial charge >= 0.3 is 0 Å². The average Bonchev–Trinajstić information content (AvgIpc) is 2.80. The van der Waals surface area contributed by atoms with Crippen molar-refractivity contribution in [3.63, 3.8) is 0 Å². The first-order chi connectivity index (χ1) is 8.13. The zero-order valence-corrected chi connectivity index (χ0v) is 11.4. The molecule has 1 amide bonds. The summed E-state index contributed by atoms with van der Waals surface area (Å²) in [5.41, 5.74) is 3.01. The summed E-state index contributed by atoms with van der Waals surface area (Å²) < 4.78 is 0.989. The Balaban J connectivity index is 2.37. The van der Waals surface area contributed by atoms with E-state index < -0.39 is 0 Å². The standard InChI is InChI=1S/C11H10Cl2N2OS/c1-6(4-12)11(16)15-9-7(13)2-3-8-10(9)14-5-17-8/h2-3,5-6H,4H2,1H3,(H,15,16). The van der Waals surface area contributed by atoms with Crippen molar-refractivity contribution in [2.75, 3.05) is 11.2 Å². The lowest BCUT2D eigenvalue weighted by molar-refractivity contribution is -0.118. The molecule has 17 heavy (non-hydrogen) atoms. The third kappa shape index (κ3) is 2.54. The molecule has 0 aliphatic rings. The molecule has 1 aromatic carbocycles. The molecule has 1 atom stereocenters. The van der Waals surface area contributed by atoms with Crippen LogP contribution in [0.25, 0.3) is 10.2 Å². The molecule has 0 aliphatic heterocycles. The minimum atomic E-state index is -0.262. The van der Waals surface area contributed by atoms with Crippen molar-refractivity contribution in [3.8, 4) is 0 Å². The van der Waals surface area contributed by atoms with Crippen LogP contribution in [-0.4, -0.2) is 16.8 Å². The number of anilines is 1. The van der Waals surface area contributed by atoms with Crippen LogP contribution in [0.3, 0.4) is 0 Å². The Morgan fingerprint density at radius 3 is 3.06 bits per heavy atom. The summed E-state index contributed by atoms with van der Waals surface area (Å²) in [7, 11) is 0. The smallest absolute Gasteiger partial charge is 0.228 e. The quantitative estimate of drug-likeness (QED) is 0.874. The highest BCUT2D eigenvalue weighted by molar-refractivity contribution is 7.16. The van der Waals surface area contributed by atoms with Gasteiger partial charge in [0.05, 0.1) is 20.9 Å². The van der Waals surface area contributed by atoms with Crippen molar-refractivity contribution in [2.24, 2.45) is 5.92 Å². The van der Waals surface area contributed by atoms with E-state index in [-0.39, 0.29) is 17.7 Å². The van der Waals surface area contributed by atoms with Gasteiger partial charge in [-0.2, -0.15) is 0 Å². The summed E-state index contributed by atoms with van der Waals surface area (Å²) in [5, 5.41) is 3.26. The maximum atomic E-state index is 11.8. The summed E-state index contributed by atoms with van der Waals surface area (Å²) in [6.45, 7) is 1.76. The number of rotatable bonds is 3. The SMILES string of the molecule is CC(CCl)C(=O)Nc1c(Cl)ccc2scnc12. The first-order valence-electron chi connectivity index (χ1n) is 5.02. The normalized spacial score (nSPS) is 12.6. The molecule has 2 aromatic rings. The molecule has 1 unspecified atom stereocenters. The third-order valence-corrected chi connectivity index (χ3v) is 3.95. The number of fused-ring (bicyclic) bond motifs is 1. The second-order valence-electron chi connectivity index (χ2n) is 3.67. The predicted octanol–water partition coefficient (Wildman–Crippen LogP) is 3.76. The van der Waals surface area contributed by atoms with E-state index in [1.54, 1.807) is 18.5 Å². The molecule has 3 nitrogen and oxygen atoms in total. The average molecular weight is 289 g/mol. The number of thiazole rings is 1. The Kier molecular flexibility index (Phi) is 3.86. The van der Waals surface area contributed by atoms with E-state index in [0.29, 0.717) is 10.7 Å². The largest absolute Gasteiger partial charge is 0.323 e. The number of nitrogens with zero attached hydrogens (tertiary/aromatic N) is 1. The summed E-state index contributed by atoms with van der Waals surface area (Å²) in [6.07, 6.45) is 0. The molecule has 90 valence electrons. The first kappa shape index (κ1) is 12.6. The maximum absolute atomic E-state index is 11.8. The number of carbonyl (C=O) groups excluding carboxylic acids is 1. The molecular formula is C11H10Cl2N2OS. The maximum Gasteiger partial charge on any atom is 0.228 e. The van der Waals surface area contributed by atoms with Gasteiger partial charge in [-0.15, -0.1) is 22.9 Å². The van der Waals surface area contributed by atoms with Crippen molar-refractivity contribution >= 4 is 56.3 Å². The predicted molar refractivity (Wildman–Crippen MR) is 73.1 cm³/mol. The van der Waals surface area contributed by atoms with E-state index in [2.05, 4.69) is 10.3 Å². The van der Waals surface area contributed by atoms with Crippen molar-refractivity contribution < 1.29 is 4.79 Å². The lowest BCUT2D eigenvalue weighted by Crippen LogP contribution is -2.21. The Labute approximate surface area is 113 Å². The summed E-state index contributed by atoms with van der Waals surface area (Å²) in [4.78, 5) is 16.0. The Morgan fingerprint density at radius 1 is 1.59 bits per heavy atom. The Bertz CT molecular complexity index is 555. The van der Waals surface area contributed by atoms with Crippen LogP contribution in [0.15, 0.2) is 17.6 Å². The molecule has 0 fully saturated rings. The second-order valence-corrected chi connectivity index (χ2v) is 5.27. The van der Waals surface area contributed by atoms with Crippen LogP contribution in [0.1, 0.15) is 6.92 Å². The number of aromatic nitrogens is 1. The third-order valence-electron chi connectivity index (χ3n) is 2.38. The number of nitrogens with one attached hydrogen (secondary N) is 1. The van der Waals surface area contributed by atoms with Gasteiger partial charge in [-0.3, -0.25) is 4.79 Å². The monoisotopic (exact) mass is 288 g/mol. The van der Waals surface area contributed by atoms with Crippen LogP contribution < -0.4 is 5.32 Å². The van der Waals surface area contributed by atoms with Crippen molar-refractivity contribution in [1.29, 1.82) is 0 Å². The van der Waals surface area contributed by atoms with Gasteiger partial charge in [0.2, 0.25) is 5.91 Å². The van der Waals surface area contributed by atoms with Gasteiger partial charge < -0.3 is 5.32 Å². The van der Waals surface area contributed by atoms with E-state index in [4.69, 9.17) is 23.2 Å². The molecule has 0 aliphatic carbocycles. The van der Waals surface area contributed by atoms with Gasteiger partial charge in [0, 0.05) is 11.8 Å². The zero-order valence-electron chi connectivity index (χ0n) is 9.04. The summed E-state index contributed by atoms with van der Waals surface area (Å²) in [5.74, 6) is -0.139. The highest BCUT2D eigenvalue weighted by atomic mass is 35.5. The van der Waals surface area contributed by atoms with Gasteiger partial charge in [0.15, 0.2) is 0 Å². The number of carbonyl (C=O) groups is 1. The molecule has 0 radical (unpaired) electrons. The van der Waals surface area contributed by atoms with Gasteiger partial charge in [-0.05, 0) is 12.1 Å². The molecular weight excluding hydrogens is 279 g/mol. The number of hydrogen-bond acceptors (Lipinski definition) is 3. The molecule has 1 heterocycles. The molecule has 1 N–H and O–H groups in total. The number of amides is 1. The first-order valence-corrected chi connectivity index (χ1v) is 6.81. The van der Waals surface area contributed by atoms with E-state index in [9.17, 15) is 4.79 Å². The fourth-order valence-electron chi connectivity index (χ4n) is 1.34. The lowest BCUT2D eigenvalue weighted by Gasteiger charge is -2.11. The fourth-order valence-corrected chi connectivity index (χ4v) is 2.37. The van der Waals surface area contributed by atoms with E-state index in [1.807, 2.05) is 6.07 Å². The number of halogens is 2. The van der Waals surface area contributed by atoms with Crippen LogP contribution in [-0.2, 0) is 4.79 Å². The molecule has 2 rings (SSSR count). The topological polar surface area (TPSA) is 42.0 Å². The number of alkyl halides is 1. The van der Waals surface area contributed by atoms with E-state index >= 15 is 0 Å². The van der Waals surface area contributed by atoms with Crippen molar-refractivity contribution in [2.45, 2.75) is 6.92 Å². The molecule has 0 saturated heterocycles. The van der Waals surface area contributed by atoms with Crippen LogP contribution >= 0.6 is 34.5 Å². The van der Waals surface area contributed by atoms with Gasteiger partial charge in [0.25, 0.3) is 0 Å². The molecule has 0 bridgehead atoms. The summed E-state index contributed by atoms with van der Waals surface area (Å²) in [6, 6.07) is 3.64. The summed E-state index contributed by atoms with van der Waals surface area (Å²) >= 11 is 13.2. The van der Waals surface area contributed by atoms with Crippen molar-refractivity contribution in [1.82, 2.24) is 4.98 Å². The van der Waals surface area contributed by atoms with Gasteiger partial charge in [-0.25, -0.2) is 4.98 Å². The highest BCUT2D eigenvalue weighted by Crippen LogP contribution is 2.32. The Morgan fingerprint density at radius 2 is 2.35 bits per heavy atom. The van der Waals surface area contributed by atoms with Gasteiger partial charge in [-0.1, -0.05) is 18.5 Å². The van der Waals surface area contributed by atoms with E-state index in [1.165, 1.54) is 11.3 Å². The van der Waals surface area contributed by atoms with Crippen LogP contribution in [0.4, 0.5) is 5.69 Å². The molecule has 6 heteroatoms. The second kappa shape index (κ2) is 5.21. The minimum Gasteiger partial charge on any atom is -0.323 e. The van der Waals surface area contributed by atoms with Gasteiger partial charge in [0.1, 0.15) is 5.52 Å². The molecule has 1 aromatic heterocycles. The lowest BCUT2D eigenvalue weighted by atomic mass is 10.2. The fraction of sp³-hybridized carbons (Fsp3) is 0.273. The molecule has 0 spiro atoms. The zero-order chi connectivity index (χ0) is 12.4. The number of hydrogen-bond donors (Lipinski definition) is 1. The van der Waals surface area contributed by atoms with E-state index in [0.717, 1.165) is 10.2 Å². The Hall–Kier alpha value is -0.840. The van der Waals surface area contributed by atoms with Crippen LogP contribution in [0, 0.1) is 5.92 Å². The van der Waals surface area contributed by atoms with Crippen molar-refractivity contribution in [3.05, 3.63) is 22.7 Å². The van der Waals surface area contributed by atoms with Crippen LogP contribution in [0.5, 0.6) is 0 Å². The van der Waals surface area contributed by atoms with Crippen LogP contribution in [0.2, 0.25) is 5.02 Å².